The zero-order chi connectivity index (χ0) is 22.6. The van der Waals surface area contributed by atoms with E-state index < -0.39 is 0 Å². The molecule has 1 N–H and O–H groups in total. The van der Waals surface area contributed by atoms with E-state index in [1.54, 1.807) is 6.07 Å². The number of ether oxygens (including phenoxy) is 1. The van der Waals surface area contributed by atoms with E-state index in [2.05, 4.69) is 29.1 Å². The molecule has 2 aliphatic rings. The van der Waals surface area contributed by atoms with Crippen molar-refractivity contribution in [2.24, 2.45) is 7.05 Å². The van der Waals surface area contributed by atoms with E-state index in [-0.39, 0.29) is 18.2 Å². The third-order valence-electron chi connectivity index (χ3n) is 6.84. The molecule has 5 nitrogen and oxygen atoms in total. The lowest BCUT2D eigenvalue weighted by atomic mass is 10.0. The van der Waals surface area contributed by atoms with Crippen molar-refractivity contribution in [3.05, 3.63) is 69.0 Å². The van der Waals surface area contributed by atoms with Crippen LogP contribution in [0.15, 0.2) is 36.4 Å². The average Bonchev–Trinajstić information content (AvgIpc) is 3.40. The molecule has 0 unspecified atom stereocenters. The molecule has 5 rings (SSSR count). The minimum absolute atomic E-state index is 0.112. The zero-order valence-corrected chi connectivity index (χ0v) is 20.0. The topological polar surface area (TPSA) is 50.5 Å². The number of benzene rings is 2. The summed E-state index contributed by atoms with van der Waals surface area (Å²) in [7, 11) is 1.96. The Morgan fingerprint density at radius 3 is 2.50 bits per heavy atom. The smallest absolute Gasteiger partial charge is 0.140 e. The van der Waals surface area contributed by atoms with Crippen LogP contribution < -0.4 is 4.74 Å². The fourth-order valence-corrected chi connectivity index (χ4v) is 5.77. The van der Waals surface area contributed by atoms with Crippen LogP contribution in [-0.4, -0.2) is 45.0 Å². The molecule has 7 heteroatoms. The minimum Gasteiger partial charge on any atom is -0.484 e. The molecule has 3 atom stereocenters. The number of aliphatic hydroxyl groups excluding tert-OH is 1. The van der Waals surface area contributed by atoms with Crippen LogP contribution in [0.25, 0.3) is 11.1 Å². The van der Waals surface area contributed by atoms with Crippen molar-refractivity contribution in [2.75, 3.05) is 13.1 Å². The summed E-state index contributed by atoms with van der Waals surface area (Å²) in [6.07, 6.45) is 1.09. The fourth-order valence-electron chi connectivity index (χ4n) is 5.19. The van der Waals surface area contributed by atoms with E-state index in [4.69, 9.17) is 27.9 Å². The van der Waals surface area contributed by atoms with Gasteiger partial charge < -0.3 is 9.84 Å². The normalized spacial score (nSPS) is 23.0. The molecule has 1 aliphatic carbocycles. The third-order valence-corrected chi connectivity index (χ3v) is 7.40. The summed E-state index contributed by atoms with van der Waals surface area (Å²) in [5.41, 5.74) is 6.56. The number of aromatic nitrogens is 2. The first-order valence-electron chi connectivity index (χ1n) is 11.0. The lowest BCUT2D eigenvalue weighted by Gasteiger charge is -2.30. The Balaban J connectivity index is 1.46. The first-order valence-corrected chi connectivity index (χ1v) is 11.7. The Labute approximate surface area is 198 Å². The number of hydrogen-bond donors (Lipinski definition) is 1. The summed E-state index contributed by atoms with van der Waals surface area (Å²) >= 11 is 12.9. The highest BCUT2D eigenvalue weighted by molar-refractivity contribution is 6.35. The molecule has 1 saturated heterocycles. The Hall–Kier alpha value is -2.05. The van der Waals surface area contributed by atoms with Gasteiger partial charge in [0, 0.05) is 47.0 Å². The maximum atomic E-state index is 10.1. The number of aryl methyl sites for hydroxylation is 2. The van der Waals surface area contributed by atoms with Crippen LogP contribution in [-0.2, 0) is 13.5 Å². The van der Waals surface area contributed by atoms with Gasteiger partial charge in [0.15, 0.2) is 0 Å². The second-order valence-electron chi connectivity index (χ2n) is 8.90. The van der Waals surface area contributed by atoms with Gasteiger partial charge in [0.1, 0.15) is 11.9 Å². The second kappa shape index (κ2) is 8.38. The number of halogens is 2. The van der Waals surface area contributed by atoms with Crippen LogP contribution >= 0.6 is 23.2 Å². The van der Waals surface area contributed by atoms with E-state index >= 15 is 0 Å². The molecule has 0 bridgehead atoms. The summed E-state index contributed by atoms with van der Waals surface area (Å²) in [6, 6.07) is 12.1. The van der Waals surface area contributed by atoms with E-state index in [0.29, 0.717) is 16.6 Å². The van der Waals surface area contributed by atoms with Crippen molar-refractivity contribution in [3.8, 4) is 16.9 Å². The van der Waals surface area contributed by atoms with Crippen molar-refractivity contribution in [3.63, 3.8) is 0 Å². The van der Waals surface area contributed by atoms with Crippen molar-refractivity contribution in [2.45, 2.75) is 44.9 Å². The van der Waals surface area contributed by atoms with Crippen LogP contribution in [0.1, 0.15) is 35.0 Å². The first kappa shape index (κ1) is 21.8. The summed E-state index contributed by atoms with van der Waals surface area (Å²) < 4.78 is 8.48. The molecule has 1 aromatic heterocycles. The molecule has 32 heavy (non-hydrogen) atoms. The monoisotopic (exact) mass is 471 g/mol. The molecule has 3 aromatic rings. The lowest BCUT2D eigenvalue weighted by Crippen LogP contribution is -2.39. The number of nitrogens with zero attached hydrogens (tertiary/aromatic N) is 3. The van der Waals surface area contributed by atoms with Crippen LogP contribution in [0.2, 0.25) is 10.0 Å². The fraction of sp³-hybridized carbons (Fsp3) is 0.400. The van der Waals surface area contributed by atoms with Gasteiger partial charge in [0.2, 0.25) is 0 Å². The molecular weight excluding hydrogens is 445 g/mol. The molecule has 1 aliphatic heterocycles. The van der Waals surface area contributed by atoms with Crippen LogP contribution in [0.4, 0.5) is 0 Å². The molecular formula is C25H27Cl2N3O2. The Kier molecular flexibility index (Phi) is 5.70. The Bertz CT molecular complexity index is 1160. The highest BCUT2D eigenvalue weighted by Crippen LogP contribution is 2.43. The SMILES string of the molecule is Cc1nn(C)c(C)c1-c1ccc(O[C@H]2c3cc(Cl)cc(Cl)c3C[C@@H]2N2CC[C@@H](O)C2)cc1. The highest BCUT2D eigenvalue weighted by atomic mass is 35.5. The van der Waals surface area contributed by atoms with Gasteiger partial charge in [-0.05, 0) is 62.1 Å². The van der Waals surface area contributed by atoms with Crippen molar-refractivity contribution in [1.82, 2.24) is 14.7 Å². The van der Waals surface area contributed by atoms with Crippen LogP contribution in [0.3, 0.4) is 0 Å². The summed E-state index contributed by atoms with van der Waals surface area (Å²) in [5.74, 6) is 0.798. The van der Waals surface area contributed by atoms with E-state index in [1.807, 2.05) is 36.9 Å². The van der Waals surface area contributed by atoms with Crippen LogP contribution in [0.5, 0.6) is 5.75 Å². The number of β-amino-alcohol motifs (C(OH)–C–C–N with tert-alkyl or cyclic N) is 1. The van der Waals surface area contributed by atoms with Gasteiger partial charge in [-0.25, -0.2) is 0 Å². The van der Waals surface area contributed by atoms with Crippen molar-refractivity contribution in [1.29, 1.82) is 0 Å². The maximum Gasteiger partial charge on any atom is 0.140 e. The van der Waals surface area contributed by atoms with Crippen molar-refractivity contribution < 1.29 is 9.84 Å². The molecule has 2 heterocycles. The van der Waals surface area contributed by atoms with Crippen molar-refractivity contribution >= 4 is 23.2 Å². The molecule has 168 valence electrons. The van der Waals surface area contributed by atoms with Gasteiger partial charge in [-0.2, -0.15) is 5.10 Å². The third kappa shape index (κ3) is 3.81. The lowest BCUT2D eigenvalue weighted by molar-refractivity contribution is 0.0818. The minimum atomic E-state index is -0.288. The molecule has 2 aromatic carbocycles. The van der Waals surface area contributed by atoms with E-state index in [1.165, 1.54) is 0 Å². The second-order valence-corrected chi connectivity index (χ2v) is 9.74. The van der Waals surface area contributed by atoms with Gasteiger partial charge in [0.05, 0.1) is 17.8 Å². The summed E-state index contributed by atoms with van der Waals surface area (Å²) in [5, 5.41) is 15.9. The quantitative estimate of drug-likeness (QED) is 0.573. The van der Waals surface area contributed by atoms with E-state index in [9.17, 15) is 5.11 Å². The first-order chi connectivity index (χ1) is 15.3. The maximum absolute atomic E-state index is 10.1. The summed E-state index contributed by atoms with van der Waals surface area (Å²) in [4.78, 5) is 2.32. The van der Waals surface area contributed by atoms with Gasteiger partial charge in [-0.3, -0.25) is 9.58 Å². The molecule has 0 saturated carbocycles. The Morgan fingerprint density at radius 1 is 1.12 bits per heavy atom. The van der Waals surface area contributed by atoms with Crippen LogP contribution in [0, 0.1) is 13.8 Å². The van der Waals surface area contributed by atoms with Gasteiger partial charge >= 0.3 is 0 Å². The number of rotatable bonds is 4. The van der Waals surface area contributed by atoms with E-state index in [0.717, 1.165) is 58.8 Å². The number of fused-ring (bicyclic) bond motifs is 1. The number of likely N-dealkylation sites (tertiary alicyclic amines) is 1. The molecule has 1 fully saturated rings. The predicted molar refractivity (Wildman–Crippen MR) is 128 cm³/mol. The molecule has 0 spiro atoms. The summed E-state index contributed by atoms with van der Waals surface area (Å²) in [6.45, 7) is 5.62. The standard InChI is InChI=1S/C25H27Cl2N3O2/c1-14-24(15(2)29(3)28-14)16-4-6-19(7-5-16)32-25-21-10-17(26)11-22(27)20(21)12-23(25)30-9-8-18(31)13-30/h4-7,10-11,18,23,25,31H,8-9,12-13H2,1-3H3/t18-,23+,25+/m1/s1. The van der Waals surface area contributed by atoms with Gasteiger partial charge in [0.25, 0.3) is 0 Å². The largest absolute Gasteiger partial charge is 0.484 e. The molecule has 0 radical (unpaired) electrons. The number of aliphatic hydroxyl groups is 1. The average molecular weight is 472 g/mol. The highest BCUT2D eigenvalue weighted by Gasteiger charge is 2.41. The van der Waals surface area contributed by atoms with Gasteiger partial charge in [-0.1, -0.05) is 35.3 Å². The Morgan fingerprint density at radius 2 is 1.88 bits per heavy atom. The zero-order valence-electron chi connectivity index (χ0n) is 18.5. The van der Waals surface area contributed by atoms with Gasteiger partial charge in [-0.15, -0.1) is 0 Å². The predicted octanol–water partition coefficient (Wildman–Crippen LogP) is 5.12. The molecule has 0 amide bonds. The number of hydrogen-bond acceptors (Lipinski definition) is 4.